The molecule has 2 atom stereocenters. The van der Waals surface area contributed by atoms with Crippen LogP contribution in [0.15, 0.2) is 60.9 Å². The summed E-state index contributed by atoms with van der Waals surface area (Å²) in [6.45, 7) is 3.01. The second kappa shape index (κ2) is 8.13. The van der Waals surface area contributed by atoms with Crippen molar-refractivity contribution < 1.29 is 9.47 Å². The Labute approximate surface area is 176 Å². The maximum atomic E-state index is 5.79. The molecule has 1 saturated heterocycles. The van der Waals surface area contributed by atoms with Gasteiger partial charge < -0.3 is 24.3 Å². The number of hydrogen-bond acceptors (Lipinski definition) is 4. The molecule has 7 heteroatoms. The van der Waals surface area contributed by atoms with Gasteiger partial charge in [-0.1, -0.05) is 6.07 Å². The van der Waals surface area contributed by atoms with Gasteiger partial charge in [0.05, 0.1) is 31.6 Å². The van der Waals surface area contributed by atoms with E-state index in [0.29, 0.717) is 10.9 Å². The van der Waals surface area contributed by atoms with Crippen molar-refractivity contribution in [2.45, 2.75) is 25.6 Å². The number of rotatable bonds is 6. The Bertz CT molecular complexity index is 1010. The standard InChI is InChI=1S/C22H24N4O2S/c1-4-25-13-7-9-18(25)21-20(16-8-5-6-12-23-16)24-22(29)26(21)17-11-10-15(27-2)14-19(17)28-3/h5-14,20-21H,4H2,1-3H3,(H,24,29)/t20-,21-/m1/s1. The maximum absolute atomic E-state index is 5.79. The molecule has 29 heavy (non-hydrogen) atoms. The zero-order valence-corrected chi connectivity index (χ0v) is 17.5. The van der Waals surface area contributed by atoms with Gasteiger partial charge in [-0.05, 0) is 55.5 Å². The van der Waals surface area contributed by atoms with Crippen molar-refractivity contribution in [3.8, 4) is 11.5 Å². The van der Waals surface area contributed by atoms with Gasteiger partial charge in [-0.3, -0.25) is 4.98 Å². The SMILES string of the molecule is CCn1cccc1[C@@H]1[C@@H](c2ccccn2)NC(=S)N1c1ccc(OC)cc1OC. The van der Waals surface area contributed by atoms with Gasteiger partial charge in [-0.15, -0.1) is 0 Å². The van der Waals surface area contributed by atoms with Gasteiger partial charge in [0.25, 0.3) is 0 Å². The Hall–Kier alpha value is -3.06. The first-order valence-corrected chi connectivity index (χ1v) is 9.96. The van der Waals surface area contributed by atoms with Crippen LogP contribution in [0.1, 0.15) is 30.4 Å². The molecule has 150 valence electrons. The highest BCUT2D eigenvalue weighted by Gasteiger charge is 2.42. The molecule has 1 aliphatic rings. The normalized spacial score (nSPS) is 18.6. The van der Waals surface area contributed by atoms with E-state index in [1.54, 1.807) is 14.2 Å². The molecule has 2 aromatic heterocycles. The minimum atomic E-state index is -0.0873. The zero-order valence-electron chi connectivity index (χ0n) is 16.7. The average molecular weight is 409 g/mol. The van der Waals surface area contributed by atoms with Crippen LogP contribution in [-0.4, -0.2) is 28.9 Å². The van der Waals surface area contributed by atoms with Gasteiger partial charge >= 0.3 is 0 Å². The predicted octanol–water partition coefficient (Wildman–Crippen LogP) is 4.10. The van der Waals surface area contributed by atoms with Crippen molar-refractivity contribution in [1.82, 2.24) is 14.9 Å². The molecule has 0 saturated carbocycles. The van der Waals surface area contributed by atoms with Crippen molar-refractivity contribution >= 4 is 23.0 Å². The Balaban J connectivity index is 1.87. The monoisotopic (exact) mass is 408 g/mol. The molecule has 1 aliphatic heterocycles. The summed E-state index contributed by atoms with van der Waals surface area (Å²) in [5, 5.41) is 4.12. The van der Waals surface area contributed by atoms with Crippen molar-refractivity contribution in [2.75, 3.05) is 19.1 Å². The van der Waals surface area contributed by atoms with Crippen molar-refractivity contribution in [1.29, 1.82) is 0 Å². The summed E-state index contributed by atoms with van der Waals surface area (Å²) in [4.78, 5) is 6.72. The number of nitrogens with zero attached hydrogens (tertiary/aromatic N) is 3. The smallest absolute Gasteiger partial charge is 0.174 e. The van der Waals surface area contributed by atoms with Crippen molar-refractivity contribution in [2.24, 2.45) is 0 Å². The maximum Gasteiger partial charge on any atom is 0.174 e. The number of thiocarbonyl (C=S) groups is 1. The molecule has 0 aliphatic carbocycles. The van der Waals surface area contributed by atoms with Crippen LogP contribution in [0.25, 0.3) is 0 Å². The van der Waals surface area contributed by atoms with E-state index >= 15 is 0 Å². The molecule has 0 spiro atoms. The Morgan fingerprint density at radius 2 is 1.97 bits per heavy atom. The Kier molecular flexibility index (Phi) is 5.40. The first-order valence-electron chi connectivity index (χ1n) is 9.55. The molecule has 1 fully saturated rings. The number of methoxy groups -OCH3 is 2. The third-order valence-corrected chi connectivity index (χ3v) is 5.57. The van der Waals surface area contributed by atoms with E-state index in [9.17, 15) is 0 Å². The first kappa shape index (κ1) is 19.3. The van der Waals surface area contributed by atoms with Crippen molar-refractivity contribution in [3.05, 3.63) is 72.3 Å². The van der Waals surface area contributed by atoms with E-state index in [-0.39, 0.29) is 12.1 Å². The lowest BCUT2D eigenvalue weighted by atomic mass is 10.0. The minimum Gasteiger partial charge on any atom is -0.497 e. The lowest BCUT2D eigenvalue weighted by molar-refractivity contribution is 0.394. The summed E-state index contributed by atoms with van der Waals surface area (Å²) in [5.74, 6) is 1.44. The average Bonchev–Trinajstić information content (AvgIpc) is 3.37. The van der Waals surface area contributed by atoms with E-state index in [4.69, 9.17) is 21.7 Å². The molecule has 1 N–H and O–H groups in total. The number of aromatic nitrogens is 2. The lowest BCUT2D eigenvalue weighted by Gasteiger charge is -2.29. The number of anilines is 1. The van der Waals surface area contributed by atoms with E-state index in [2.05, 4.69) is 45.0 Å². The van der Waals surface area contributed by atoms with E-state index < -0.39 is 0 Å². The fourth-order valence-corrected chi connectivity index (χ4v) is 4.22. The quantitative estimate of drug-likeness (QED) is 0.620. The van der Waals surface area contributed by atoms with E-state index in [0.717, 1.165) is 29.4 Å². The molecule has 0 bridgehead atoms. The van der Waals surface area contributed by atoms with Crippen LogP contribution in [-0.2, 0) is 6.54 Å². The third-order valence-electron chi connectivity index (χ3n) is 5.25. The zero-order chi connectivity index (χ0) is 20.4. The summed E-state index contributed by atoms with van der Waals surface area (Å²) < 4.78 is 13.3. The van der Waals surface area contributed by atoms with E-state index in [1.807, 2.05) is 42.6 Å². The Morgan fingerprint density at radius 1 is 1.10 bits per heavy atom. The highest BCUT2D eigenvalue weighted by atomic mass is 32.1. The third kappa shape index (κ3) is 3.42. The molecule has 3 aromatic rings. The van der Waals surface area contributed by atoms with Crippen molar-refractivity contribution in [3.63, 3.8) is 0 Å². The summed E-state index contributed by atoms with van der Waals surface area (Å²) in [6, 6.07) is 15.8. The van der Waals surface area contributed by atoms with Gasteiger partial charge in [0.1, 0.15) is 17.5 Å². The molecule has 0 unspecified atom stereocenters. The van der Waals surface area contributed by atoms with E-state index in [1.165, 1.54) is 0 Å². The number of benzene rings is 1. The number of nitrogens with one attached hydrogen (secondary N) is 1. The first-order chi connectivity index (χ1) is 14.2. The highest BCUT2D eigenvalue weighted by molar-refractivity contribution is 7.80. The van der Waals surface area contributed by atoms with Gasteiger partial charge in [-0.25, -0.2) is 0 Å². The van der Waals surface area contributed by atoms with Crippen LogP contribution in [0, 0.1) is 0 Å². The molecule has 1 aromatic carbocycles. The van der Waals surface area contributed by atoms with Crippen LogP contribution in [0.2, 0.25) is 0 Å². The van der Waals surface area contributed by atoms with Gasteiger partial charge in [0.15, 0.2) is 5.11 Å². The molecule has 0 radical (unpaired) electrons. The highest BCUT2D eigenvalue weighted by Crippen LogP contribution is 2.45. The predicted molar refractivity (Wildman–Crippen MR) is 118 cm³/mol. The topological polar surface area (TPSA) is 51.6 Å². The molecular weight excluding hydrogens is 384 g/mol. The van der Waals surface area contributed by atoms with Crippen LogP contribution >= 0.6 is 12.2 Å². The van der Waals surface area contributed by atoms with Crippen LogP contribution in [0.3, 0.4) is 0 Å². The number of hydrogen-bond donors (Lipinski definition) is 1. The Morgan fingerprint density at radius 3 is 2.66 bits per heavy atom. The summed E-state index contributed by atoms with van der Waals surface area (Å²) in [6.07, 6.45) is 3.90. The summed E-state index contributed by atoms with van der Waals surface area (Å²) in [5.41, 5.74) is 2.99. The molecule has 3 heterocycles. The molecule has 0 amide bonds. The minimum absolute atomic E-state index is 0.0744. The molecular formula is C22H24N4O2S. The second-order valence-electron chi connectivity index (χ2n) is 6.75. The van der Waals surface area contributed by atoms with Crippen LogP contribution in [0.5, 0.6) is 11.5 Å². The second-order valence-corrected chi connectivity index (χ2v) is 7.14. The van der Waals surface area contributed by atoms with Crippen LogP contribution in [0.4, 0.5) is 5.69 Å². The van der Waals surface area contributed by atoms with Gasteiger partial charge in [-0.2, -0.15) is 0 Å². The molecule has 6 nitrogen and oxygen atoms in total. The summed E-state index contributed by atoms with van der Waals surface area (Å²) in [7, 11) is 3.30. The fourth-order valence-electron chi connectivity index (χ4n) is 3.88. The largest absolute Gasteiger partial charge is 0.497 e. The molecule has 4 rings (SSSR count). The van der Waals surface area contributed by atoms with Gasteiger partial charge in [0, 0.05) is 30.7 Å². The number of ether oxygens (including phenoxy) is 2. The lowest BCUT2D eigenvalue weighted by Crippen LogP contribution is -2.30. The number of pyridine rings is 1. The van der Waals surface area contributed by atoms with Gasteiger partial charge in [0.2, 0.25) is 0 Å². The fraction of sp³-hybridized carbons (Fsp3) is 0.273. The van der Waals surface area contributed by atoms with Crippen LogP contribution < -0.4 is 19.7 Å². The summed E-state index contributed by atoms with van der Waals surface area (Å²) >= 11 is 5.79. The number of aryl methyl sites for hydroxylation is 1.